The minimum absolute atomic E-state index is 0.388. The molecule has 1 aromatic heterocycles. The minimum atomic E-state index is -3.35. The first-order valence-electron chi connectivity index (χ1n) is 7.36. The number of rotatable bonds is 6. The Morgan fingerprint density at radius 3 is 2.67 bits per heavy atom. The van der Waals surface area contributed by atoms with Crippen LogP contribution in [-0.4, -0.2) is 39.5 Å². The van der Waals surface area contributed by atoms with Gasteiger partial charge in [0.25, 0.3) is 0 Å². The molecule has 2 heterocycles. The lowest BCUT2D eigenvalue weighted by molar-refractivity contribution is 0.191. The van der Waals surface area contributed by atoms with E-state index in [9.17, 15) is 8.42 Å². The van der Waals surface area contributed by atoms with Crippen molar-refractivity contribution in [2.75, 3.05) is 26.2 Å². The van der Waals surface area contributed by atoms with Gasteiger partial charge < -0.3 is 4.90 Å². The molecule has 0 spiro atoms. The van der Waals surface area contributed by atoms with E-state index in [1.807, 2.05) is 6.92 Å². The topological polar surface area (TPSA) is 49.4 Å². The van der Waals surface area contributed by atoms with Gasteiger partial charge in [-0.05, 0) is 79.3 Å². The van der Waals surface area contributed by atoms with E-state index in [1.165, 1.54) is 24.2 Å². The third-order valence-electron chi connectivity index (χ3n) is 3.92. The molecule has 1 aliphatic heterocycles. The maximum atomic E-state index is 12.2. The Bertz CT molecular complexity index is 544. The SMILES string of the molecule is Cc1cc(S(=O)(=O)NCCCN2CCC(C)CC2)sc1Br. The fourth-order valence-electron chi connectivity index (χ4n) is 2.43. The zero-order chi connectivity index (χ0) is 15.5. The average Bonchev–Trinajstić information content (AvgIpc) is 2.78. The molecule has 1 fully saturated rings. The fraction of sp³-hybridized carbons (Fsp3) is 0.714. The van der Waals surface area contributed by atoms with E-state index >= 15 is 0 Å². The van der Waals surface area contributed by atoms with Crippen LogP contribution in [0.15, 0.2) is 14.1 Å². The van der Waals surface area contributed by atoms with Crippen molar-refractivity contribution in [3.05, 3.63) is 15.4 Å². The summed E-state index contributed by atoms with van der Waals surface area (Å²) < 4.78 is 28.3. The van der Waals surface area contributed by atoms with E-state index in [0.717, 1.165) is 41.3 Å². The Hall–Kier alpha value is 0.0500. The Morgan fingerprint density at radius 1 is 1.43 bits per heavy atom. The van der Waals surface area contributed by atoms with Gasteiger partial charge in [-0.25, -0.2) is 13.1 Å². The number of halogens is 1. The quantitative estimate of drug-likeness (QED) is 0.753. The third-order valence-corrected chi connectivity index (χ3v) is 7.99. The predicted molar refractivity (Wildman–Crippen MR) is 91.4 cm³/mol. The normalized spacial score (nSPS) is 18.2. The molecule has 0 radical (unpaired) electrons. The monoisotopic (exact) mass is 394 g/mol. The smallest absolute Gasteiger partial charge is 0.250 e. The van der Waals surface area contributed by atoms with Gasteiger partial charge in [0.1, 0.15) is 4.21 Å². The van der Waals surface area contributed by atoms with E-state index in [0.29, 0.717) is 10.8 Å². The van der Waals surface area contributed by atoms with Crippen LogP contribution in [-0.2, 0) is 10.0 Å². The van der Waals surface area contributed by atoms with Gasteiger partial charge >= 0.3 is 0 Å². The summed E-state index contributed by atoms with van der Waals surface area (Å²) in [6, 6.07) is 1.71. The van der Waals surface area contributed by atoms with Crippen molar-refractivity contribution in [3.8, 4) is 0 Å². The molecule has 21 heavy (non-hydrogen) atoms. The second-order valence-corrected chi connectivity index (χ2v) is 10.2. The molecule has 0 atom stereocenters. The average molecular weight is 395 g/mol. The molecule has 2 rings (SSSR count). The standard InChI is InChI=1S/C14H23BrN2O2S2/c1-11-4-8-17(9-5-11)7-3-6-16-21(18,19)13-10-12(2)14(15)20-13/h10-11,16H,3-9H2,1-2H3. The molecule has 120 valence electrons. The lowest BCUT2D eigenvalue weighted by atomic mass is 9.99. The number of nitrogens with one attached hydrogen (secondary N) is 1. The molecule has 7 heteroatoms. The second-order valence-electron chi connectivity index (χ2n) is 5.80. The molecule has 4 nitrogen and oxygen atoms in total. The highest BCUT2D eigenvalue weighted by atomic mass is 79.9. The Kier molecular flexibility index (Phi) is 6.25. The summed E-state index contributed by atoms with van der Waals surface area (Å²) in [5.74, 6) is 0.834. The third kappa shape index (κ3) is 5.03. The van der Waals surface area contributed by atoms with Crippen LogP contribution in [0, 0.1) is 12.8 Å². The first kappa shape index (κ1) is 17.4. The van der Waals surface area contributed by atoms with Crippen LogP contribution >= 0.6 is 27.3 Å². The maximum Gasteiger partial charge on any atom is 0.250 e. The number of aryl methyl sites for hydroxylation is 1. The molecule has 1 aliphatic rings. The molecular formula is C14H23BrN2O2S2. The number of likely N-dealkylation sites (tertiary alicyclic amines) is 1. The highest BCUT2D eigenvalue weighted by molar-refractivity contribution is 9.11. The number of thiophene rings is 1. The van der Waals surface area contributed by atoms with Crippen molar-refractivity contribution >= 4 is 37.3 Å². The van der Waals surface area contributed by atoms with Gasteiger partial charge in [-0.3, -0.25) is 0 Å². The fourth-order valence-corrected chi connectivity index (χ4v) is 5.77. The van der Waals surface area contributed by atoms with Crippen LogP contribution in [0.3, 0.4) is 0 Å². The van der Waals surface area contributed by atoms with Gasteiger partial charge in [0, 0.05) is 6.54 Å². The molecule has 0 saturated carbocycles. The van der Waals surface area contributed by atoms with Crippen molar-refractivity contribution in [1.29, 1.82) is 0 Å². The van der Waals surface area contributed by atoms with Crippen LogP contribution in [0.5, 0.6) is 0 Å². The number of hydrogen-bond donors (Lipinski definition) is 1. The molecule has 1 N–H and O–H groups in total. The zero-order valence-electron chi connectivity index (χ0n) is 12.6. The van der Waals surface area contributed by atoms with E-state index in [4.69, 9.17) is 0 Å². The summed E-state index contributed by atoms with van der Waals surface area (Å²) in [5, 5.41) is 0. The van der Waals surface area contributed by atoms with Gasteiger partial charge in [-0.15, -0.1) is 11.3 Å². The van der Waals surface area contributed by atoms with E-state index in [1.54, 1.807) is 6.07 Å². The molecule has 1 aromatic rings. The van der Waals surface area contributed by atoms with Crippen molar-refractivity contribution in [1.82, 2.24) is 9.62 Å². The first-order valence-corrected chi connectivity index (χ1v) is 10.5. The highest BCUT2D eigenvalue weighted by Gasteiger charge is 2.18. The van der Waals surface area contributed by atoms with Gasteiger partial charge in [0.05, 0.1) is 3.79 Å². The molecule has 0 aliphatic carbocycles. The molecule has 1 saturated heterocycles. The van der Waals surface area contributed by atoms with Crippen LogP contribution in [0.4, 0.5) is 0 Å². The summed E-state index contributed by atoms with van der Waals surface area (Å²) in [7, 11) is -3.35. The van der Waals surface area contributed by atoms with Gasteiger partial charge in [-0.2, -0.15) is 0 Å². The lowest BCUT2D eigenvalue weighted by Gasteiger charge is -2.30. The van der Waals surface area contributed by atoms with Crippen LogP contribution < -0.4 is 4.72 Å². The Labute approximate surface area is 140 Å². The largest absolute Gasteiger partial charge is 0.303 e. The maximum absolute atomic E-state index is 12.2. The van der Waals surface area contributed by atoms with Gasteiger partial charge in [0.2, 0.25) is 10.0 Å². The van der Waals surface area contributed by atoms with E-state index in [2.05, 4.69) is 32.5 Å². The molecular weight excluding hydrogens is 372 g/mol. The summed E-state index contributed by atoms with van der Waals surface area (Å²) in [6.45, 7) is 7.96. The number of nitrogens with zero attached hydrogens (tertiary/aromatic N) is 1. The molecule has 0 aromatic carbocycles. The van der Waals surface area contributed by atoms with E-state index < -0.39 is 10.0 Å². The molecule has 0 bridgehead atoms. The van der Waals surface area contributed by atoms with E-state index in [-0.39, 0.29) is 0 Å². The summed E-state index contributed by atoms with van der Waals surface area (Å²) >= 11 is 4.63. The lowest BCUT2D eigenvalue weighted by Crippen LogP contribution is -2.35. The number of sulfonamides is 1. The van der Waals surface area contributed by atoms with Crippen LogP contribution in [0.2, 0.25) is 0 Å². The van der Waals surface area contributed by atoms with Gasteiger partial charge in [0.15, 0.2) is 0 Å². The molecule has 0 unspecified atom stereocenters. The Morgan fingerprint density at radius 2 is 2.10 bits per heavy atom. The zero-order valence-corrected chi connectivity index (χ0v) is 15.8. The highest BCUT2D eigenvalue weighted by Crippen LogP contribution is 2.30. The first-order chi connectivity index (χ1) is 9.88. The second kappa shape index (κ2) is 7.55. The van der Waals surface area contributed by atoms with Crippen molar-refractivity contribution < 1.29 is 8.42 Å². The van der Waals surface area contributed by atoms with Crippen LogP contribution in [0.25, 0.3) is 0 Å². The van der Waals surface area contributed by atoms with Crippen molar-refractivity contribution in [2.45, 2.75) is 37.3 Å². The Balaban J connectivity index is 1.75. The summed E-state index contributed by atoms with van der Waals surface area (Å²) in [6.07, 6.45) is 3.38. The summed E-state index contributed by atoms with van der Waals surface area (Å²) in [4.78, 5) is 2.43. The van der Waals surface area contributed by atoms with Gasteiger partial charge in [-0.1, -0.05) is 6.92 Å². The van der Waals surface area contributed by atoms with Crippen molar-refractivity contribution in [3.63, 3.8) is 0 Å². The van der Waals surface area contributed by atoms with Crippen LogP contribution in [0.1, 0.15) is 31.7 Å². The summed E-state index contributed by atoms with van der Waals surface area (Å²) in [5.41, 5.74) is 0.961. The minimum Gasteiger partial charge on any atom is -0.303 e. The molecule has 0 amide bonds. The predicted octanol–water partition coefficient (Wildman–Crippen LogP) is 3.22. The van der Waals surface area contributed by atoms with Crippen molar-refractivity contribution in [2.24, 2.45) is 5.92 Å². The number of piperidine rings is 1. The number of hydrogen-bond acceptors (Lipinski definition) is 4.